The molecule has 0 fully saturated rings. The summed E-state index contributed by atoms with van der Waals surface area (Å²) in [7, 11) is 1.22. The van der Waals surface area contributed by atoms with Crippen LogP contribution in [0.15, 0.2) is 60.7 Å². The summed E-state index contributed by atoms with van der Waals surface area (Å²) in [6, 6.07) is 16.2. The molecule has 41 heavy (non-hydrogen) atoms. The van der Waals surface area contributed by atoms with Gasteiger partial charge in [0.2, 0.25) is 0 Å². The van der Waals surface area contributed by atoms with Crippen molar-refractivity contribution in [2.75, 3.05) is 7.11 Å². The summed E-state index contributed by atoms with van der Waals surface area (Å²) in [5.74, 6) is -1.99. The van der Waals surface area contributed by atoms with Gasteiger partial charge in [0.15, 0.2) is 0 Å². The Kier molecular flexibility index (Phi) is 16.2. The molecular formula is C29H36N2O10. The maximum atomic E-state index is 11.7. The summed E-state index contributed by atoms with van der Waals surface area (Å²) in [6.45, 7) is 2.95. The second kappa shape index (κ2) is 19.3. The number of esters is 1. The standard InChI is InChI=1S/C15H19NO5.C14H17NO5/c1-11(17)8-9-13(14(18)20-2)16-15(19)21-10-12-6-4-3-5-7-12;1-10(16)7-8-12(13(17)18)15-14(19)20-9-11-5-3-2-4-6-11/h3-7,13H,8-10H2,1-2H3,(H,16,19);2-6,12H,7-9H2,1H3,(H,15,19)(H,17,18)/t13-;12-/m00/s1. The molecule has 2 aromatic rings. The number of methoxy groups -OCH3 is 1. The lowest BCUT2D eigenvalue weighted by molar-refractivity contribution is -0.143. The Morgan fingerprint density at radius 3 is 1.44 bits per heavy atom. The van der Waals surface area contributed by atoms with Crippen LogP contribution in [0.2, 0.25) is 0 Å². The molecule has 0 saturated heterocycles. The van der Waals surface area contributed by atoms with Crippen LogP contribution < -0.4 is 10.6 Å². The fourth-order valence-electron chi connectivity index (χ4n) is 3.16. The number of ketones is 2. The van der Waals surface area contributed by atoms with E-state index in [1.807, 2.05) is 48.5 Å². The van der Waals surface area contributed by atoms with E-state index >= 15 is 0 Å². The quantitative estimate of drug-likeness (QED) is 0.224. The van der Waals surface area contributed by atoms with E-state index in [0.717, 1.165) is 11.1 Å². The van der Waals surface area contributed by atoms with E-state index < -0.39 is 36.2 Å². The Labute approximate surface area is 238 Å². The fourth-order valence-corrected chi connectivity index (χ4v) is 3.16. The second-order valence-electron chi connectivity index (χ2n) is 8.86. The van der Waals surface area contributed by atoms with Gasteiger partial charge in [-0.05, 0) is 37.8 Å². The Morgan fingerprint density at radius 1 is 0.683 bits per heavy atom. The van der Waals surface area contributed by atoms with E-state index in [4.69, 9.17) is 14.6 Å². The molecule has 0 bridgehead atoms. The number of ether oxygens (including phenoxy) is 3. The molecule has 0 aliphatic heterocycles. The van der Waals surface area contributed by atoms with Gasteiger partial charge in [-0.3, -0.25) is 0 Å². The highest BCUT2D eigenvalue weighted by Crippen LogP contribution is 2.05. The molecule has 0 aliphatic carbocycles. The average molecular weight is 573 g/mol. The van der Waals surface area contributed by atoms with Gasteiger partial charge in [-0.25, -0.2) is 19.2 Å². The van der Waals surface area contributed by atoms with E-state index in [2.05, 4.69) is 15.4 Å². The number of Topliss-reactive ketones (excluding diaryl/α,β-unsaturated/α-hetero) is 2. The molecule has 0 unspecified atom stereocenters. The van der Waals surface area contributed by atoms with Crippen LogP contribution in [0.3, 0.4) is 0 Å². The average Bonchev–Trinajstić information content (AvgIpc) is 2.95. The third kappa shape index (κ3) is 16.1. The van der Waals surface area contributed by atoms with Crippen LogP contribution >= 0.6 is 0 Å². The van der Waals surface area contributed by atoms with Crippen LogP contribution in [0.25, 0.3) is 0 Å². The third-order valence-corrected chi connectivity index (χ3v) is 5.36. The van der Waals surface area contributed by atoms with Gasteiger partial charge in [0.25, 0.3) is 0 Å². The molecule has 0 aromatic heterocycles. The first-order valence-corrected chi connectivity index (χ1v) is 12.8. The smallest absolute Gasteiger partial charge is 0.408 e. The van der Waals surface area contributed by atoms with Crippen LogP contribution in [0.1, 0.15) is 50.7 Å². The highest BCUT2D eigenvalue weighted by Gasteiger charge is 2.23. The Hall–Kier alpha value is -4.74. The topological polar surface area (TPSA) is 174 Å². The third-order valence-electron chi connectivity index (χ3n) is 5.36. The molecule has 12 nitrogen and oxygen atoms in total. The van der Waals surface area contributed by atoms with Crippen molar-refractivity contribution in [2.45, 2.75) is 64.8 Å². The summed E-state index contributed by atoms with van der Waals surface area (Å²) in [5.41, 5.74) is 1.64. The normalized spacial score (nSPS) is 11.4. The lowest BCUT2D eigenvalue weighted by Gasteiger charge is -2.15. The summed E-state index contributed by atoms with van der Waals surface area (Å²) < 4.78 is 14.5. The van der Waals surface area contributed by atoms with Crippen molar-refractivity contribution in [1.29, 1.82) is 0 Å². The van der Waals surface area contributed by atoms with E-state index in [9.17, 15) is 28.8 Å². The first-order chi connectivity index (χ1) is 19.5. The molecule has 2 rings (SSSR count). The number of hydrogen-bond donors (Lipinski definition) is 3. The maximum Gasteiger partial charge on any atom is 0.408 e. The SMILES string of the molecule is CC(=O)CC[C@H](NC(=O)OCc1ccccc1)C(=O)O.COC(=O)[C@H](CCC(C)=O)NC(=O)OCc1ccccc1. The molecular weight excluding hydrogens is 536 g/mol. The minimum absolute atomic E-state index is 0.0467. The number of alkyl carbamates (subject to hydrolysis) is 2. The largest absolute Gasteiger partial charge is 0.480 e. The number of hydrogen-bond acceptors (Lipinski definition) is 9. The summed E-state index contributed by atoms with van der Waals surface area (Å²) >= 11 is 0. The Morgan fingerprint density at radius 2 is 1.07 bits per heavy atom. The Bertz CT molecular complexity index is 1140. The van der Waals surface area contributed by atoms with Crippen LogP contribution in [-0.2, 0) is 46.6 Å². The van der Waals surface area contributed by atoms with Gasteiger partial charge in [-0.15, -0.1) is 0 Å². The van der Waals surface area contributed by atoms with Crippen LogP contribution in [0.5, 0.6) is 0 Å². The lowest BCUT2D eigenvalue weighted by Crippen LogP contribution is -2.42. The number of carboxylic acid groups (broad SMARTS) is 1. The van der Waals surface area contributed by atoms with Crippen molar-refractivity contribution in [3.05, 3.63) is 71.8 Å². The van der Waals surface area contributed by atoms with E-state index in [0.29, 0.717) is 0 Å². The van der Waals surface area contributed by atoms with Crippen LogP contribution in [0.4, 0.5) is 9.59 Å². The number of aliphatic carboxylic acids is 1. The Balaban J connectivity index is 0.000000410. The second-order valence-corrected chi connectivity index (χ2v) is 8.86. The lowest BCUT2D eigenvalue weighted by atomic mass is 10.1. The zero-order valence-electron chi connectivity index (χ0n) is 23.3. The maximum absolute atomic E-state index is 11.7. The molecule has 0 heterocycles. The number of rotatable bonds is 14. The molecule has 222 valence electrons. The number of nitrogens with one attached hydrogen (secondary N) is 2. The molecule has 0 saturated carbocycles. The first-order valence-electron chi connectivity index (χ1n) is 12.8. The van der Waals surface area contributed by atoms with E-state index in [1.54, 1.807) is 12.1 Å². The van der Waals surface area contributed by atoms with Crippen molar-refractivity contribution in [1.82, 2.24) is 10.6 Å². The minimum Gasteiger partial charge on any atom is -0.480 e. The molecule has 2 aromatic carbocycles. The fraction of sp³-hybridized carbons (Fsp3) is 0.379. The van der Waals surface area contributed by atoms with Gasteiger partial charge >= 0.3 is 24.1 Å². The summed E-state index contributed by atoms with van der Waals surface area (Å²) in [5, 5.41) is 13.6. The number of benzene rings is 2. The molecule has 0 spiro atoms. The van der Waals surface area contributed by atoms with Gasteiger partial charge < -0.3 is 39.5 Å². The molecule has 2 amide bonds. The van der Waals surface area contributed by atoms with E-state index in [1.165, 1.54) is 21.0 Å². The summed E-state index contributed by atoms with van der Waals surface area (Å²) in [4.78, 5) is 67.4. The predicted octanol–water partition coefficient (Wildman–Crippen LogP) is 3.56. The molecule has 0 radical (unpaired) electrons. The number of amides is 2. The zero-order chi connectivity index (χ0) is 30.6. The van der Waals surface area contributed by atoms with Crippen molar-refractivity contribution in [2.24, 2.45) is 0 Å². The van der Waals surface area contributed by atoms with Crippen LogP contribution in [-0.4, -0.2) is 60.0 Å². The van der Waals surface area contributed by atoms with Crippen molar-refractivity contribution < 1.29 is 48.1 Å². The number of carbonyl (C=O) groups excluding carboxylic acids is 5. The highest BCUT2D eigenvalue weighted by molar-refractivity contribution is 5.83. The number of carboxylic acids is 1. The minimum atomic E-state index is -1.19. The highest BCUT2D eigenvalue weighted by atomic mass is 16.6. The zero-order valence-corrected chi connectivity index (χ0v) is 23.3. The first kappa shape index (κ1) is 34.3. The van der Waals surface area contributed by atoms with Gasteiger partial charge in [0.05, 0.1) is 7.11 Å². The predicted molar refractivity (Wildman–Crippen MR) is 147 cm³/mol. The molecule has 12 heteroatoms. The number of carbonyl (C=O) groups is 6. The van der Waals surface area contributed by atoms with E-state index in [-0.39, 0.29) is 50.5 Å². The monoisotopic (exact) mass is 572 g/mol. The van der Waals surface area contributed by atoms with Gasteiger partial charge in [0.1, 0.15) is 36.9 Å². The van der Waals surface area contributed by atoms with Gasteiger partial charge in [-0.2, -0.15) is 0 Å². The van der Waals surface area contributed by atoms with Gasteiger partial charge in [-0.1, -0.05) is 60.7 Å². The van der Waals surface area contributed by atoms with Crippen molar-refractivity contribution >= 4 is 35.7 Å². The van der Waals surface area contributed by atoms with Gasteiger partial charge in [0, 0.05) is 12.8 Å². The summed E-state index contributed by atoms with van der Waals surface area (Å²) in [6.07, 6.45) is -1.04. The molecule has 3 N–H and O–H groups in total. The van der Waals surface area contributed by atoms with Crippen molar-refractivity contribution in [3.63, 3.8) is 0 Å². The molecule has 2 atom stereocenters. The molecule has 0 aliphatic rings. The van der Waals surface area contributed by atoms with Crippen molar-refractivity contribution in [3.8, 4) is 0 Å². The van der Waals surface area contributed by atoms with Crippen LogP contribution in [0, 0.1) is 0 Å².